The Morgan fingerprint density at radius 1 is 1.39 bits per heavy atom. The molecule has 1 amide bonds. The maximum atomic E-state index is 11.2. The summed E-state index contributed by atoms with van der Waals surface area (Å²) in [6, 6.07) is 7.32. The van der Waals surface area contributed by atoms with Crippen LogP contribution in [0, 0.1) is 0 Å². The third-order valence-electron chi connectivity index (χ3n) is 3.64. The molecule has 0 aliphatic carbocycles. The Bertz CT molecular complexity index is 540. The molecule has 3 N–H and O–H groups in total. The van der Waals surface area contributed by atoms with E-state index in [4.69, 9.17) is 5.73 Å². The number of unbranched alkanes of at least 4 members (excludes halogenated alkanes) is 3. The molecular weight excluding hydrogens is 288 g/mol. The SMILES string of the molecule is C=CCCCCCN(C)C(=NC)NCc1cccc(C(N)=O)c1. The topological polar surface area (TPSA) is 70.7 Å². The van der Waals surface area contributed by atoms with Crippen LogP contribution in [0.15, 0.2) is 41.9 Å². The summed E-state index contributed by atoms with van der Waals surface area (Å²) in [6.45, 7) is 5.30. The van der Waals surface area contributed by atoms with Gasteiger partial charge in [0, 0.05) is 32.7 Å². The van der Waals surface area contributed by atoms with Gasteiger partial charge in [-0.3, -0.25) is 9.79 Å². The summed E-state index contributed by atoms with van der Waals surface area (Å²) in [5.41, 5.74) is 6.83. The molecule has 0 saturated carbocycles. The molecule has 0 radical (unpaired) electrons. The van der Waals surface area contributed by atoms with Crippen molar-refractivity contribution in [2.45, 2.75) is 32.2 Å². The van der Waals surface area contributed by atoms with Gasteiger partial charge in [0.05, 0.1) is 0 Å². The van der Waals surface area contributed by atoms with Crippen molar-refractivity contribution >= 4 is 11.9 Å². The summed E-state index contributed by atoms with van der Waals surface area (Å²) in [5.74, 6) is 0.436. The van der Waals surface area contributed by atoms with E-state index in [0.717, 1.165) is 30.9 Å². The number of amides is 1. The van der Waals surface area contributed by atoms with Gasteiger partial charge in [-0.2, -0.15) is 0 Å². The standard InChI is InChI=1S/C18H28N4O/c1-4-5-6-7-8-12-22(3)18(20-2)21-14-15-10-9-11-16(13-15)17(19)23/h4,9-11,13H,1,5-8,12,14H2,2-3H3,(H2,19,23)(H,20,21). The van der Waals surface area contributed by atoms with Gasteiger partial charge >= 0.3 is 0 Å². The van der Waals surface area contributed by atoms with Gasteiger partial charge in [-0.1, -0.05) is 24.6 Å². The van der Waals surface area contributed by atoms with Gasteiger partial charge in [-0.15, -0.1) is 6.58 Å². The average molecular weight is 316 g/mol. The minimum atomic E-state index is -0.409. The van der Waals surface area contributed by atoms with Crippen molar-refractivity contribution in [1.29, 1.82) is 0 Å². The fourth-order valence-electron chi connectivity index (χ4n) is 2.32. The van der Waals surface area contributed by atoms with Crippen molar-refractivity contribution in [2.75, 3.05) is 20.6 Å². The number of benzene rings is 1. The molecular formula is C18H28N4O. The molecule has 0 atom stereocenters. The van der Waals surface area contributed by atoms with E-state index in [0.29, 0.717) is 12.1 Å². The Hall–Kier alpha value is -2.30. The number of allylic oxidation sites excluding steroid dienone is 1. The van der Waals surface area contributed by atoms with Crippen LogP contribution in [0.25, 0.3) is 0 Å². The van der Waals surface area contributed by atoms with Gasteiger partial charge in [0.15, 0.2) is 5.96 Å². The van der Waals surface area contributed by atoms with E-state index >= 15 is 0 Å². The lowest BCUT2D eigenvalue weighted by Crippen LogP contribution is -2.39. The largest absolute Gasteiger partial charge is 0.366 e. The van der Waals surface area contributed by atoms with Crippen LogP contribution >= 0.6 is 0 Å². The maximum Gasteiger partial charge on any atom is 0.248 e. The van der Waals surface area contributed by atoms with Crippen LogP contribution in [0.4, 0.5) is 0 Å². The summed E-state index contributed by atoms with van der Waals surface area (Å²) in [7, 11) is 3.80. The van der Waals surface area contributed by atoms with E-state index in [2.05, 4.69) is 21.8 Å². The number of rotatable bonds is 9. The Balaban J connectivity index is 2.45. The molecule has 5 nitrogen and oxygen atoms in total. The third kappa shape index (κ3) is 7.00. The van der Waals surface area contributed by atoms with Crippen LogP contribution in [0.1, 0.15) is 41.6 Å². The van der Waals surface area contributed by atoms with Crippen molar-refractivity contribution in [3.63, 3.8) is 0 Å². The number of hydrogen-bond donors (Lipinski definition) is 2. The Labute approximate surface area is 139 Å². The van der Waals surface area contributed by atoms with Gasteiger partial charge in [0.1, 0.15) is 0 Å². The van der Waals surface area contributed by atoms with Crippen molar-refractivity contribution in [3.8, 4) is 0 Å². The zero-order valence-electron chi connectivity index (χ0n) is 14.2. The van der Waals surface area contributed by atoms with Crippen molar-refractivity contribution in [2.24, 2.45) is 10.7 Å². The lowest BCUT2D eigenvalue weighted by Gasteiger charge is -2.22. The molecule has 0 aliphatic rings. The van der Waals surface area contributed by atoms with Gasteiger partial charge in [0.25, 0.3) is 0 Å². The average Bonchev–Trinajstić information content (AvgIpc) is 2.55. The zero-order valence-corrected chi connectivity index (χ0v) is 14.2. The minimum absolute atomic E-state index is 0.409. The van der Waals surface area contributed by atoms with Crippen LogP contribution in [-0.4, -0.2) is 37.4 Å². The molecule has 0 spiro atoms. The smallest absolute Gasteiger partial charge is 0.248 e. The molecule has 1 aromatic rings. The second kappa shape index (κ2) is 10.4. The quantitative estimate of drug-likeness (QED) is 0.318. The zero-order chi connectivity index (χ0) is 17.1. The molecule has 0 saturated heterocycles. The Morgan fingerprint density at radius 3 is 2.83 bits per heavy atom. The number of aliphatic imine (C=N–C) groups is 1. The maximum absolute atomic E-state index is 11.2. The van der Waals surface area contributed by atoms with Gasteiger partial charge in [-0.25, -0.2) is 0 Å². The molecule has 0 heterocycles. The molecule has 0 aliphatic heterocycles. The Morgan fingerprint density at radius 2 is 2.17 bits per heavy atom. The number of carbonyl (C=O) groups is 1. The first-order valence-corrected chi connectivity index (χ1v) is 8.00. The lowest BCUT2D eigenvalue weighted by molar-refractivity contribution is 0.1000. The van der Waals surface area contributed by atoms with E-state index in [1.165, 1.54) is 12.8 Å². The second-order valence-electron chi connectivity index (χ2n) is 5.52. The van der Waals surface area contributed by atoms with Gasteiger partial charge in [-0.05, 0) is 37.0 Å². The van der Waals surface area contributed by atoms with Crippen molar-refractivity contribution < 1.29 is 4.79 Å². The molecule has 23 heavy (non-hydrogen) atoms. The second-order valence-corrected chi connectivity index (χ2v) is 5.52. The number of nitrogens with one attached hydrogen (secondary N) is 1. The molecule has 0 unspecified atom stereocenters. The number of nitrogens with two attached hydrogens (primary N) is 1. The number of nitrogens with zero attached hydrogens (tertiary/aromatic N) is 2. The predicted octanol–water partition coefficient (Wildman–Crippen LogP) is 2.54. The number of primary amides is 1. The van der Waals surface area contributed by atoms with Crippen LogP contribution in [0.3, 0.4) is 0 Å². The molecule has 0 bridgehead atoms. The van der Waals surface area contributed by atoms with E-state index in [1.807, 2.05) is 25.3 Å². The fraction of sp³-hybridized carbons (Fsp3) is 0.444. The summed E-state index contributed by atoms with van der Waals surface area (Å²) in [4.78, 5) is 17.6. The molecule has 0 aromatic heterocycles. The van der Waals surface area contributed by atoms with E-state index < -0.39 is 5.91 Å². The summed E-state index contributed by atoms with van der Waals surface area (Å²) >= 11 is 0. The minimum Gasteiger partial charge on any atom is -0.366 e. The van der Waals surface area contributed by atoms with Gasteiger partial charge < -0.3 is 16.0 Å². The number of guanidine groups is 1. The van der Waals surface area contributed by atoms with Crippen molar-refractivity contribution in [3.05, 3.63) is 48.0 Å². The highest BCUT2D eigenvalue weighted by Crippen LogP contribution is 2.05. The molecule has 1 rings (SSSR count). The van der Waals surface area contributed by atoms with E-state index in [9.17, 15) is 4.79 Å². The molecule has 5 heteroatoms. The van der Waals surface area contributed by atoms with E-state index in [-0.39, 0.29) is 0 Å². The summed E-state index contributed by atoms with van der Waals surface area (Å²) in [6.07, 6.45) is 6.54. The van der Waals surface area contributed by atoms with Crippen LogP contribution in [0.5, 0.6) is 0 Å². The molecule has 1 aromatic carbocycles. The Kier molecular flexibility index (Phi) is 8.50. The fourth-order valence-corrected chi connectivity index (χ4v) is 2.32. The highest BCUT2D eigenvalue weighted by molar-refractivity contribution is 5.92. The first-order chi connectivity index (χ1) is 11.1. The molecule has 0 fully saturated rings. The van der Waals surface area contributed by atoms with E-state index in [1.54, 1.807) is 19.2 Å². The predicted molar refractivity (Wildman–Crippen MR) is 96.5 cm³/mol. The highest BCUT2D eigenvalue weighted by atomic mass is 16.1. The normalized spacial score (nSPS) is 11.1. The van der Waals surface area contributed by atoms with Crippen LogP contribution in [-0.2, 0) is 6.54 Å². The highest BCUT2D eigenvalue weighted by Gasteiger charge is 2.06. The van der Waals surface area contributed by atoms with Crippen LogP contribution in [0.2, 0.25) is 0 Å². The summed E-state index contributed by atoms with van der Waals surface area (Å²) < 4.78 is 0. The molecule has 126 valence electrons. The number of hydrogen-bond acceptors (Lipinski definition) is 2. The van der Waals surface area contributed by atoms with Crippen molar-refractivity contribution in [1.82, 2.24) is 10.2 Å². The van der Waals surface area contributed by atoms with Crippen LogP contribution < -0.4 is 11.1 Å². The monoisotopic (exact) mass is 316 g/mol. The summed E-state index contributed by atoms with van der Waals surface area (Å²) in [5, 5.41) is 3.31. The first-order valence-electron chi connectivity index (χ1n) is 8.00. The first kappa shape index (κ1) is 18.7. The third-order valence-corrected chi connectivity index (χ3v) is 3.64. The van der Waals surface area contributed by atoms with Gasteiger partial charge in [0.2, 0.25) is 5.91 Å². The lowest BCUT2D eigenvalue weighted by atomic mass is 10.1. The number of carbonyl (C=O) groups excluding carboxylic acids is 1.